The Morgan fingerprint density at radius 3 is 2.51 bits per heavy atom. The number of anilines is 1. The van der Waals surface area contributed by atoms with E-state index in [-0.39, 0.29) is 25.0 Å². The summed E-state index contributed by atoms with van der Waals surface area (Å²) in [6.07, 6.45) is 0.801. The molecule has 7 nitrogen and oxygen atoms in total. The van der Waals surface area contributed by atoms with Crippen LogP contribution in [0.4, 0.5) is 5.69 Å². The number of carbonyl (C=O) groups excluding carboxylic acids is 2. The topological polar surface area (TPSA) is 97.6 Å². The van der Waals surface area contributed by atoms with Crippen molar-refractivity contribution in [1.82, 2.24) is 5.32 Å². The molecule has 0 spiro atoms. The average Bonchev–Trinajstić information content (AvgIpc) is 2.86. The molecule has 0 radical (unpaired) electrons. The summed E-state index contributed by atoms with van der Waals surface area (Å²) >= 11 is 0. The van der Waals surface area contributed by atoms with Crippen LogP contribution >= 0.6 is 0 Å². The van der Waals surface area contributed by atoms with E-state index in [1.54, 1.807) is 30.3 Å². The summed E-state index contributed by atoms with van der Waals surface area (Å²) in [6.45, 7) is 4.03. The van der Waals surface area contributed by atoms with Crippen LogP contribution in [-0.4, -0.2) is 18.4 Å². The normalized spacial score (nSPS) is 10.7. The highest BCUT2D eigenvalue weighted by Crippen LogP contribution is 2.23. The monoisotopic (exact) mass is 470 g/mol. The van der Waals surface area contributed by atoms with Gasteiger partial charge >= 0.3 is 5.63 Å². The standard InChI is InChI=1S/C28H26N2O5/c1-3-20-6-4-5-7-24(20)30-26(31)16-29-28(33)21-10-8-19(9-11-21)17-34-22-12-13-23-18(2)14-27(32)35-25(23)15-22/h4-15H,3,16-17H2,1-2H3,(H,29,33)(H,30,31). The molecule has 1 aromatic heterocycles. The number of ether oxygens (including phenoxy) is 1. The lowest BCUT2D eigenvalue weighted by Crippen LogP contribution is -2.33. The Morgan fingerprint density at radius 1 is 0.971 bits per heavy atom. The van der Waals surface area contributed by atoms with Crippen molar-refractivity contribution in [3.8, 4) is 5.75 Å². The van der Waals surface area contributed by atoms with E-state index >= 15 is 0 Å². The number of hydrogen-bond acceptors (Lipinski definition) is 5. The van der Waals surface area contributed by atoms with E-state index in [0.717, 1.165) is 34.2 Å². The summed E-state index contributed by atoms with van der Waals surface area (Å²) in [6, 6.07) is 21.3. The van der Waals surface area contributed by atoms with Gasteiger partial charge in [0.15, 0.2) is 0 Å². The minimum Gasteiger partial charge on any atom is -0.489 e. The zero-order chi connectivity index (χ0) is 24.8. The minimum atomic E-state index is -0.399. The maximum Gasteiger partial charge on any atom is 0.336 e. The van der Waals surface area contributed by atoms with E-state index in [9.17, 15) is 14.4 Å². The fourth-order valence-electron chi connectivity index (χ4n) is 3.72. The Kier molecular flexibility index (Phi) is 7.26. The molecule has 0 unspecified atom stereocenters. The number of fused-ring (bicyclic) bond motifs is 1. The van der Waals surface area contributed by atoms with Gasteiger partial charge in [-0.15, -0.1) is 0 Å². The van der Waals surface area contributed by atoms with Crippen LogP contribution in [0.1, 0.15) is 34.0 Å². The van der Waals surface area contributed by atoms with Crippen molar-refractivity contribution < 1.29 is 18.7 Å². The maximum atomic E-state index is 12.4. The van der Waals surface area contributed by atoms with E-state index in [0.29, 0.717) is 16.9 Å². The van der Waals surface area contributed by atoms with Gasteiger partial charge in [-0.3, -0.25) is 9.59 Å². The van der Waals surface area contributed by atoms with Crippen LogP contribution in [0.15, 0.2) is 82.0 Å². The van der Waals surface area contributed by atoms with Crippen molar-refractivity contribution in [3.63, 3.8) is 0 Å². The second-order valence-corrected chi connectivity index (χ2v) is 8.13. The van der Waals surface area contributed by atoms with Crippen LogP contribution in [0.5, 0.6) is 5.75 Å². The second-order valence-electron chi connectivity index (χ2n) is 8.13. The van der Waals surface area contributed by atoms with Gasteiger partial charge in [0.2, 0.25) is 5.91 Å². The zero-order valence-corrected chi connectivity index (χ0v) is 19.6. The van der Waals surface area contributed by atoms with Gasteiger partial charge < -0.3 is 19.8 Å². The summed E-state index contributed by atoms with van der Waals surface area (Å²) in [5.74, 6) is -0.0502. The van der Waals surface area contributed by atoms with Crippen molar-refractivity contribution in [1.29, 1.82) is 0 Å². The highest BCUT2D eigenvalue weighted by atomic mass is 16.5. The predicted molar refractivity (Wildman–Crippen MR) is 135 cm³/mol. The quantitative estimate of drug-likeness (QED) is 0.367. The SMILES string of the molecule is CCc1ccccc1NC(=O)CNC(=O)c1ccc(COc2ccc3c(C)cc(=O)oc3c2)cc1. The summed E-state index contributed by atoms with van der Waals surface area (Å²) < 4.78 is 11.1. The number of amides is 2. The number of para-hydroxylation sites is 1. The van der Waals surface area contributed by atoms with Crippen molar-refractivity contribution in [2.75, 3.05) is 11.9 Å². The first kappa shape index (κ1) is 23.8. The average molecular weight is 471 g/mol. The molecule has 0 atom stereocenters. The number of aryl methyl sites for hydroxylation is 2. The Hall–Kier alpha value is -4.39. The molecule has 0 fully saturated rings. The third kappa shape index (κ3) is 5.95. The highest BCUT2D eigenvalue weighted by molar-refractivity contribution is 5.99. The summed E-state index contributed by atoms with van der Waals surface area (Å²) in [4.78, 5) is 36.3. The van der Waals surface area contributed by atoms with Crippen molar-refractivity contribution in [2.24, 2.45) is 0 Å². The molecule has 1 heterocycles. The molecule has 2 amide bonds. The third-order valence-electron chi connectivity index (χ3n) is 5.63. The van der Waals surface area contributed by atoms with Crippen molar-refractivity contribution in [3.05, 3.63) is 105 Å². The molecule has 0 aliphatic heterocycles. The Bertz CT molecular complexity index is 1420. The van der Waals surface area contributed by atoms with Gasteiger partial charge in [0.25, 0.3) is 5.91 Å². The third-order valence-corrected chi connectivity index (χ3v) is 5.63. The molecule has 35 heavy (non-hydrogen) atoms. The molecule has 0 bridgehead atoms. The molecule has 7 heteroatoms. The Balaban J connectivity index is 1.30. The van der Waals surface area contributed by atoms with E-state index in [4.69, 9.17) is 9.15 Å². The molecule has 0 aliphatic carbocycles. The van der Waals surface area contributed by atoms with Crippen LogP contribution in [0.3, 0.4) is 0 Å². The molecular weight excluding hydrogens is 444 g/mol. The zero-order valence-electron chi connectivity index (χ0n) is 19.6. The van der Waals surface area contributed by atoms with Crippen molar-refractivity contribution in [2.45, 2.75) is 26.9 Å². The first-order valence-electron chi connectivity index (χ1n) is 11.3. The molecule has 0 saturated carbocycles. The molecule has 2 N–H and O–H groups in total. The summed E-state index contributed by atoms with van der Waals surface area (Å²) in [5.41, 5.74) is 4.02. The summed E-state index contributed by atoms with van der Waals surface area (Å²) in [7, 11) is 0. The molecule has 3 aromatic carbocycles. The number of carbonyl (C=O) groups is 2. The lowest BCUT2D eigenvalue weighted by atomic mass is 10.1. The number of rotatable bonds is 8. The van der Waals surface area contributed by atoms with Gasteiger partial charge in [-0.2, -0.15) is 0 Å². The first-order chi connectivity index (χ1) is 16.9. The molecule has 0 saturated heterocycles. The van der Waals surface area contributed by atoms with E-state index in [1.807, 2.05) is 50.2 Å². The lowest BCUT2D eigenvalue weighted by Gasteiger charge is -2.11. The molecule has 4 rings (SSSR count). The van der Waals surface area contributed by atoms with Crippen LogP contribution in [0.25, 0.3) is 11.0 Å². The maximum absolute atomic E-state index is 12.4. The van der Waals surface area contributed by atoms with Crippen LogP contribution < -0.4 is 21.0 Å². The van der Waals surface area contributed by atoms with Gasteiger partial charge in [0, 0.05) is 28.8 Å². The predicted octanol–water partition coefficient (Wildman–Crippen LogP) is 4.61. The van der Waals surface area contributed by atoms with E-state index in [1.165, 1.54) is 6.07 Å². The largest absolute Gasteiger partial charge is 0.489 e. The molecule has 4 aromatic rings. The van der Waals surface area contributed by atoms with Crippen molar-refractivity contribution >= 4 is 28.5 Å². The number of benzene rings is 3. The molecule has 0 aliphatic rings. The van der Waals surface area contributed by atoms with Gasteiger partial charge in [-0.05, 0) is 60.4 Å². The molecular formula is C28H26N2O5. The van der Waals surface area contributed by atoms with E-state index in [2.05, 4.69) is 10.6 Å². The minimum absolute atomic E-state index is 0.126. The Morgan fingerprint density at radius 2 is 1.74 bits per heavy atom. The lowest BCUT2D eigenvalue weighted by molar-refractivity contribution is -0.115. The number of nitrogens with one attached hydrogen (secondary N) is 2. The fraction of sp³-hybridized carbons (Fsp3) is 0.179. The van der Waals surface area contributed by atoms with Gasteiger partial charge in [-0.25, -0.2) is 4.79 Å². The van der Waals surface area contributed by atoms with Gasteiger partial charge in [0.1, 0.15) is 17.9 Å². The number of hydrogen-bond donors (Lipinski definition) is 2. The Labute approximate surface area is 202 Å². The smallest absolute Gasteiger partial charge is 0.336 e. The fourth-order valence-corrected chi connectivity index (χ4v) is 3.72. The van der Waals surface area contributed by atoms with Crippen LogP contribution in [0.2, 0.25) is 0 Å². The van der Waals surface area contributed by atoms with Crippen LogP contribution in [0, 0.1) is 6.92 Å². The highest BCUT2D eigenvalue weighted by Gasteiger charge is 2.10. The molecule has 178 valence electrons. The summed E-state index contributed by atoms with van der Waals surface area (Å²) in [5, 5.41) is 6.33. The van der Waals surface area contributed by atoms with E-state index < -0.39 is 5.63 Å². The van der Waals surface area contributed by atoms with Crippen LogP contribution in [-0.2, 0) is 17.8 Å². The van der Waals surface area contributed by atoms with Gasteiger partial charge in [-0.1, -0.05) is 37.3 Å². The first-order valence-corrected chi connectivity index (χ1v) is 11.3. The second kappa shape index (κ2) is 10.7. The van der Waals surface area contributed by atoms with Gasteiger partial charge in [0.05, 0.1) is 6.54 Å².